The van der Waals surface area contributed by atoms with Gasteiger partial charge in [-0.25, -0.2) is 4.98 Å². The quantitative estimate of drug-likeness (QED) is 0.530. The van der Waals surface area contributed by atoms with Crippen molar-refractivity contribution in [3.8, 4) is 11.5 Å². The number of amides is 1. The van der Waals surface area contributed by atoms with Gasteiger partial charge in [-0.1, -0.05) is 0 Å². The van der Waals surface area contributed by atoms with E-state index in [1.807, 2.05) is 30.5 Å². The van der Waals surface area contributed by atoms with Gasteiger partial charge in [-0.15, -0.1) is 0 Å². The first kappa shape index (κ1) is 21.4. The zero-order valence-corrected chi connectivity index (χ0v) is 18.7. The molecule has 2 aliphatic heterocycles. The highest BCUT2D eigenvalue weighted by Gasteiger charge is 2.19. The van der Waals surface area contributed by atoms with Gasteiger partial charge in [0.15, 0.2) is 18.2 Å². The summed E-state index contributed by atoms with van der Waals surface area (Å²) in [5, 5.41) is 7.33. The van der Waals surface area contributed by atoms with Gasteiger partial charge in [0, 0.05) is 63.1 Å². The summed E-state index contributed by atoms with van der Waals surface area (Å²) in [6, 6.07) is 11.9. The lowest BCUT2D eigenvalue weighted by Gasteiger charge is -2.36. The van der Waals surface area contributed by atoms with Crippen LogP contribution in [0.15, 0.2) is 42.6 Å². The average molecular weight is 449 g/mol. The average Bonchev–Trinajstić information content (AvgIpc) is 2.86. The van der Waals surface area contributed by atoms with Crippen molar-refractivity contribution in [2.75, 3.05) is 63.2 Å². The van der Waals surface area contributed by atoms with Gasteiger partial charge in [-0.2, -0.15) is 0 Å². The van der Waals surface area contributed by atoms with E-state index < -0.39 is 0 Å². The normalized spacial score (nSPS) is 16.3. The van der Waals surface area contributed by atoms with Crippen LogP contribution in [0.1, 0.15) is 5.69 Å². The summed E-state index contributed by atoms with van der Waals surface area (Å²) >= 11 is 0. The van der Waals surface area contributed by atoms with E-state index in [9.17, 15) is 4.79 Å². The Balaban J connectivity index is 1.11. The van der Waals surface area contributed by atoms with Gasteiger partial charge in [-0.3, -0.25) is 14.7 Å². The highest BCUT2D eigenvalue weighted by molar-refractivity contribution is 5.94. The molecule has 0 saturated carbocycles. The highest BCUT2D eigenvalue weighted by atomic mass is 16.5. The summed E-state index contributed by atoms with van der Waals surface area (Å²) in [6.45, 7) is 6.51. The first-order valence-corrected chi connectivity index (χ1v) is 11.2. The maximum Gasteiger partial charge on any atom is 0.263 e. The summed E-state index contributed by atoms with van der Waals surface area (Å²) in [5.41, 5.74) is 3.08. The number of ether oxygens (including phenoxy) is 2. The Bertz CT molecular complexity index is 1150. The van der Waals surface area contributed by atoms with Crippen LogP contribution in [0.3, 0.4) is 0 Å². The Kier molecular flexibility index (Phi) is 6.23. The SMILES string of the molecule is COc1ccc2nccc(N3CCN(CCNCc4ccc5c(n4)NC(=O)CO5)CC3)c2c1. The molecule has 2 N–H and O–H groups in total. The van der Waals surface area contributed by atoms with Crippen molar-refractivity contribution in [3.63, 3.8) is 0 Å². The second-order valence-corrected chi connectivity index (χ2v) is 8.20. The van der Waals surface area contributed by atoms with Crippen LogP contribution < -0.4 is 25.0 Å². The Morgan fingerprint density at radius 3 is 2.88 bits per heavy atom. The minimum Gasteiger partial charge on any atom is -0.497 e. The van der Waals surface area contributed by atoms with E-state index in [0.29, 0.717) is 18.1 Å². The van der Waals surface area contributed by atoms with E-state index in [-0.39, 0.29) is 12.5 Å². The molecule has 9 nitrogen and oxygen atoms in total. The van der Waals surface area contributed by atoms with E-state index >= 15 is 0 Å². The largest absolute Gasteiger partial charge is 0.497 e. The number of aromatic nitrogens is 2. The molecule has 3 aromatic rings. The van der Waals surface area contributed by atoms with Gasteiger partial charge in [0.2, 0.25) is 0 Å². The number of pyridine rings is 2. The second kappa shape index (κ2) is 9.60. The van der Waals surface area contributed by atoms with Gasteiger partial charge in [-0.05, 0) is 36.4 Å². The molecule has 33 heavy (non-hydrogen) atoms. The number of nitrogens with zero attached hydrogens (tertiary/aromatic N) is 4. The molecular weight excluding hydrogens is 420 g/mol. The lowest BCUT2D eigenvalue weighted by molar-refractivity contribution is -0.118. The van der Waals surface area contributed by atoms with Crippen LogP contribution in [0.2, 0.25) is 0 Å². The number of carbonyl (C=O) groups excluding carboxylic acids is 1. The number of rotatable bonds is 7. The number of anilines is 2. The van der Waals surface area contributed by atoms with Crippen LogP contribution in [0.4, 0.5) is 11.5 Å². The van der Waals surface area contributed by atoms with E-state index in [1.165, 1.54) is 5.69 Å². The van der Waals surface area contributed by atoms with E-state index in [4.69, 9.17) is 9.47 Å². The third-order valence-corrected chi connectivity index (χ3v) is 6.08. The third kappa shape index (κ3) is 4.84. The number of nitrogens with one attached hydrogen (secondary N) is 2. The molecule has 0 aliphatic carbocycles. The van der Waals surface area contributed by atoms with Gasteiger partial charge in [0.25, 0.3) is 5.91 Å². The molecule has 1 aromatic carbocycles. The molecular formula is C24H28N6O3. The maximum atomic E-state index is 11.5. The van der Waals surface area contributed by atoms with Crippen molar-refractivity contribution in [3.05, 3.63) is 48.3 Å². The van der Waals surface area contributed by atoms with Crippen molar-refractivity contribution >= 4 is 28.3 Å². The topological polar surface area (TPSA) is 91.9 Å². The highest BCUT2D eigenvalue weighted by Crippen LogP contribution is 2.29. The zero-order valence-electron chi connectivity index (χ0n) is 18.7. The number of hydrogen-bond acceptors (Lipinski definition) is 8. The van der Waals surface area contributed by atoms with Crippen molar-refractivity contribution < 1.29 is 14.3 Å². The molecule has 4 heterocycles. The summed E-state index contributed by atoms with van der Waals surface area (Å²) in [5.74, 6) is 1.81. The first-order chi connectivity index (χ1) is 16.2. The molecule has 1 fully saturated rings. The molecule has 172 valence electrons. The zero-order chi connectivity index (χ0) is 22.6. The lowest BCUT2D eigenvalue weighted by Crippen LogP contribution is -2.48. The number of methoxy groups -OCH3 is 1. The van der Waals surface area contributed by atoms with Gasteiger partial charge >= 0.3 is 0 Å². The maximum absolute atomic E-state index is 11.5. The molecule has 0 bridgehead atoms. The number of carbonyl (C=O) groups is 1. The number of hydrogen-bond donors (Lipinski definition) is 2. The fraction of sp³-hybridized carbons (Fsp3) is 0.375. The Labute approximate surface area is 192 Å². The third-order valence-electron chi connectivity index (χ3n) is 6.08. The molecule has 0 spiro atoms. The summed E-state index contributed by atoms with van der Waals surface area (Å²) in [6.07, 6.45) is 1.88. The van der Waals surface area contributed by atoms with Gasteiger partial charge < -0.3 is 25.0 Å². The minimum atomic E-state index is -0.168. The van der Waals surface area contributed by atoms with Gasteiger partial charge in [0.05, 0.1) is 18.3 Å². The molecule has 0 radical (unpaired) electrons. The number of piperazine rings is 1. The molecule has 1 amide bonds. The molecule has 9 heteroatoms. The van der Waals surface area contributed by atoms with Crippen LogP contribution in [-0.4, -0.2) is 73.8 Å². The predicted molar refractivity (Wildman–Crippen MR) is 127 cm³/mol. The fourth-order valence-corrected chi connectivity index (χ4v) is 4.28. The van der Waals surface area contributed by atoms with Gasteiger partial charge in [0.1, 0.15) is 5.75 Å². The van der Waals surface area contributed by atoms with Crippen LogP contribution in [-0.2, 0) is 11.3 Å². The van der Waals surface area contributed by atoms with Crippen LogP contribution in [0.5, 0.6) is 11.5 Å². The molecule has 2 aliphatic rings. The minimum absolute atomic E-state index is 0.0467. The fourth-order valence-electron chi connectivity index (χ4n) is 4.28. The summed E-state index contributed by atoms with van der Waals surface area (Å²) < 4.78 is 10.8. The van der Waals surface area contributed by atoms with E-state index in [0.717, 1.165) is 61.6 Å². The van der Waals surface area contributed by atoms with Crippen molar-refractivity contribution in [1.29, 1.82) is 0 Å². The Morgan fingerprint density at radius 2 is 2.03 bits per heavy atom. The van der Waals surface area contributed by atoms with E-state index in [1.54, 1.807) is 7.11 Å². The molecule has 0 atom stereocenters. The first-order valence-electron chi connectivity index (χ1n) is 11.2. The molecule has 5 rings (SSSR count). The molecule has 1 saturated heterocycles. The monoisotopic (exact) mass is 448 g/mol. The molecule has 0 unspecified atom stereocenters. The predicted octanol–water partition coefficient (Wildman–Crippen LogP) is 1.88. The summed E-state index contributed by atoms with van der Waals surface area (Å²) in [7, 11) is 1.69. The van der Waals surface area contributed by atoms with E-state index in [2.05, 4.69) is 42.5 Å². The van der Waals surface area contributed by atoms with Crippen LogP contribution >= 0.6 is 0 Å². The molecule has 2 aromatic heterocycles. The lowest BCUT2D eigenvalue weighted by atomic mass is 10.1. The smallest absolute Gasteiger partial charge is 0.263 e. The standard InChI is InChI=1S/C24H28N6O3/c1-32-18-3-4-20-19(14-18)21(6-7-26-20)30-12-10-29(11-13-30)9-8-25-15-17-2-5-22-24(27-17)28-23(31)16-33-22/h2-7,14,25H,8-13,15-16H2,1H3,(H,27,28,31). The summed E-state index contributed by atoms with van der Waals surface area (Å²) in [4.78, 5) is 25.3. The van der Waals surface area contributed by atoms with Crippen molar-refractivity contribution in [2.24, 2.45) is 0 Å². The van der Waals surface area contributed by atoms with Crippen LogP contribution in [0, 0.1) is 0 Å². The number of fused-ring (bicyclic) bond motifs is 2. The van der Waals surface area contributed by atoms with Crippen LogP contribution in [0.25, 0.3) is 10.9 Å². The van der Waals surface area contributed by atoms with Crippen molar-refractivity contribution in [1.82, 2.24) is 20.2 Å². The van der Waals surface area contributed by atoms with Crippen molar-refractivity contribution in [2.45, 2.75) is 6.54 Å². The Morgan fingerprint density at radius 1 is 1.15 bits per heavy atom. The number of benzene rings is 1. The second-order valence-electron chi connectivity index (χ2n) is 8.20. The Hall–Kier alpha value is -3.43.